The fourth-order valence-electron chi connectivity index (χ4n) is 3.52. The lowest BCUT2D eigenvalue weighted by Crippen LogP contribution is -2.50. The van der Waals surface area contributed by atoms with Crippen molar-refractivity contribution in [3.63, 3.8) is 0 Å². The molecule has 5 nitrogen and oxygen atoms in total. The highest BCUT2D eigenvalue weighted by molar-refractivity contribution is 6.21. The van der Waals surface area contributed by atoms with Gasteiger partial charge in [0.1, 0.15) is 5.82 Å². The van der Waals surface area contributed by atoms with Crippen molar-refractivity contribution in [2.75, 3.05) is 32.8 Å². The molecule has 0 spiro atoms. The van der Waals surface area contributed by atoms with E-state index >= 15 is 0 Å². The maximum Gasteiger partial charge on any atom is 0.262 e. The summed E-state index contributed by atoms with van der Waals surface area (Å²) in [5.74, 6) is -0.625. The SMILES string of the molecule is O=C1c2ccccc2C(=O)N1CN1CCN(Cc2ccccc2F)CC1. The first kappa shape index (κ1) is 16.9. The maximum atomic E-state index is 13.8. The minimum absolute atomic E-state index is 0.180. The molecule has 2 aliphatic heterocycles. The molecule has 4 rings (SSSR count). The Morgan fingerprint density at radius 2 is 1.31 bits per heavy atom. The van der Waals surface area contributed by atoms with Gasteiger partial charge in [0.05, 0.1) is 17.8 Å². The minimum atomic E-state index is -0.223. The normalized spacial score (nSPS) is 18.4. The highest BCUT2D eigenvalue weighted by atomic mass is 19.1. The fraction of sp³-hybridized carbons (Fsp3) is 0.300. The molecule has 2 amide bonds. The van der Waals surface area contributed by atoms with Crippen LogP contribution >= 0.6 is 0 Å². The van der Waals surface area contributed by atoms with Crippen LogP contribution in [0.1, 0.15) is 26.3 Å². The van der Waals surface area contributed by atoms with Crippen LogP contribution in [0.15, 0.2) is 48.5 Å². The molecule has 0 unspecified atom stereocenters. The molecular weight excluding hydrogens is 333 g/mol. The van der Waals surface area contributed by atoms with Crippen LogP contribution in [0.3, 0.4) is 0 Å². The zero-order valence-electron chi connectivity index (χ0n) is 14.4. The van der Waals surface area contributed by atoms with Crippen LogP contribution in [-0.2, 0) is 6.54 Å². The molecular formula is C20H20FN3O2. The third-order valence-corrected chi connectivity index (χ3v) is 5.04. The minimum Gasteiger partial charge on any atom is -0.296 e. The van der Waals surface area contributed by atoms with Crippen LogP contribution in [0.2, 0.25) is 0 Å². The van der Waals surface area contributed by atoms with Crippen molar-refractivity contribution in [3.05, 3.63) is 71.0 Å². The number of benzene rings is 2. The number of imide groups is 1. The van der Waals surface area contributed by atoms with Gasteiger partial charge in [-0.3, -0.25) is 24.3 Å². The molecule has 0 atom stereocenters. The van der Waals surface area contributed by atoms with Crippen LogP contribution in [0.4, 0.5) is 4.39 Å². The zero-order chi connectivity index (χ0) is 18.1. The van der Waals surface area contributed by atoms with Gasteiger partial charge in [-0.1, -0.05) is 30.3 Å². The van der Waals surface area contributed by atoms with Crippen molar-refractivity contribution in [2.24, 2.45) is 0 Å². The second-order valence-corrected chi connectivity index (χ2v) is 6.71. The number of amides is 2. The van der Waals surface area contributed by atoms with Crippen LogP contribution < -0.4 is 0 Å². The van der Waals surface area contributed by atoms with Gasteiger partial charge in [-0.25, -0.2) is 4.39 Å². The Labute approximate surface area is 151 Å². The molecule has 0 radical (unpaired) electrons. The summed E-state index contributed by atoms with van der Waals surface area (Å²) in [7, 11) is 0. The van der Waals surface area contributed by atoms with Crippen molar-refractivity contribution in [2.45, 2.75) is 6.54 Å². The second-order valence-electron chi connectivity index (χ2n) is 6.71. The fourth-order valence-corrected chi connectivity index (χ4v) is 3.52. The van der Waals surface area contributed by atoms with Crippen molar-refractivity contribution in [3.8, 4) is 0 Å². The zero-order valence-corrected chi connectivity index (χ0v) is 14.4. The number of carbonyl (C=O) groups is 2. The monoisotopic (exact) mass is 353 g/mol. The molecule has 2 heterocycles. The molecule has 2 aromatic rings. The van der Waals surface area contributed by atoms with Crippen molar-refractivity contribution in [1.29, 1.82) is 0 Å². The van der Waals surface area contributed by atoms with Crippen LogP contribution in [-0.4, -0.2) is 59.4 Å². The Hall–Kier alpha value is -2.57. The molecule has 2 aromatic carbocycles. The largest absolute Gasteiger partial charge is 0.296 e. The number of piperazine rings is 1. The average molecular weight is 353 g/mol. The summed E-state index contributed by atoms with van der Waals surface area (Å²) >= 11 is 0. The van der Waals surface area contributed by atoms with E-state index in [9.17, 15) is 14.0 Å². The summed E-state index contributed by atoms with van der Waals surface area (Å²) in [5, 5.41) is 0. The molecule has 1 fully saturated rings. The molecule has 0 aromatic heterocycles. The Kier molecular flexibility index (Phi) is 4.53. The third-order valence-electron chi connectivity index (χ3n) is 5.04. The van der Waals surface area contributed by atoms with Gasteiger partial charge < -0.3 is 0 Å². The smallest absolute Gasteiger partial charge is 0.262 e. The van der Waals surface area contributed by atoms with E-state index in [-0.39, 0.29) is 17.6 Å². The number of nitrogens with zero attached hydrogens (tertiary/aromatic N) is 3. The lowest BCUT2D eigenvalue weighted by molar-refractivity contribution is 0.0446. The van der Waals surface area contributed by atoms with Crippen LogP contribution in [0.5, 0.6) is 0 Å². The van der Waals surface area contributed by atoms with E-state index in [0.717, 1.165) is 26.2 Å². The summed E-state index contributed by atoms with van der Waals surface area (Å²) in [4.78, 5) is 30.5. The Morgan fingerprint density at radius 3 is 1.92 bits per heavy atom. The van der Waals surface area contributed by atoms with Gasteiger partial charge >= 0.3 is 0 Å². The molecule has 0 saturated carbocycles. The van der Waals surface area contributed by atoms with Gasteiger partial charge in [0.25, 0.3) is 11.8 Å². The molecule has 1 saturated heterocycles. The highest BCUT2D eigenvalue weighted by Crippen LogP contribution is 2.23. The first-order valence-electron chi connectivity index (χ1n) is 8.77. The van der Waals surface area contributed by atoms with Crippen LogP contribution in [0.25, 0.3) is 0 Å². The number of fused-ring (bicyclic) bond motifs is 1. The highest BCUT2D eigenvalue weighted by Gasteiger charge is 2.36. The van der Waals surface area contributed by atoms with Gasteiger partial charge in [-0.2, -0.15) is 0 Å². The quantitative estimate of drug-likeness (QED) is 0.791. The average Bonchev–Trinajstić information content (AvgIpc) is 2.90. The van der Waals surface area contributed by atoms with E-state index in [1.165, 1.54) is 11.0 Å². The molecule has 0 N–H and O–H groups in total. The van der Waals surface area contributed by atoms with E-state index in [1.807, 2.05) is 6.07 Å². The maximum absolute atomic E-state index is 13.8. The van der Waals surface area contributed by atoms with Gasteiger partial charge in [0.15, 0.2) is 0 Å². The first-order chi connectivity index (χ1) is 12.6. The number of rotatable bonds is 4. The second kappa shape index (κ2) is 6.97. The summed E-state index contributed by atoms with van der Waals surface area (Å²) in [5.41, 5.74) is 1.66. The summed E-state index contributed by atoms with van der Waals surface area (Å²) in [6.45, 7) is 3.91. The lowest BCUT2D eigenvalue weighted by atomic mass is 10.1. The lowest BCUT2D eigenvalue weighted by Gasteiger charge is -2.36. The Bertz CT molecular complexity index is 811. The molecule has 26 heavy (non-hydrogen) atoms. The molecule has 6 heteroatoms. The Balaban J connectivity index is 1.34. The number of halogens is 1. The molecule has 0 bridgehead atoms. The predicted octanol–water partition coefficient (Wildman–Crippen LogP) is 2.20. The predicted molar refractivity (Wildman–Crippen MR) is 95.1 cm³/mol. The van der Waals surface area contributed by atoms with Crippen LogP contribution in [0, 0.1) is 5.82 Å². The van der Waals surface area contributed by atoms with E-state index < -0.39 is 0 Å². The van der Waals surface area contributed by atoms with Crippen molar-refractivity contribution < 1.29 is 14.0 Å². The molecule has 2 aliphatic rings. The third kappa shape index (κ3) is 3.13. The van der Waals surface area contributed by atoms with E-state index in [4.69, 9.17) is 0 Å². The summed E-state index contributed by atoms with van der Waals surface area (Å²) in [6, 6.07) is 13.8. The van der Waals surface area contributed by atoms with Gasteiger partial charge in [-0.05, 0) is 18.2 Å². The Morgan fingerprint density at radius 1 is 0.769 bits per heavy atom. The summed E-state index contributed by atoms with van der Waals surface area (Å²) in [6.07, 6.45) is 0. The van der Waals surface area contributed by atoms with E-state index in [2.05, 4.69) is 9.80 Å². The van der Waals surface area contributed by atoms with Crippen molar-refractivity contribution >= 4 is 11.8 Å². The van der Waals surface area contributed by atoms with Gasteiger partial charge in [0, 0.05) is 38.3 Å². The summed E-state index contributed by atoms with van der Waals surface area (Å²) < 4.78 is 13.8. The van der Waals surface area contributed by atoms with Gasteiger partial charge in [-0.15, -0.1) is 0 Å². The number of hydrogen-bond acceptors (Lipinski definition) is 4. The molecule has 0 aliphatic carbocycles. The van der Waals surface area contributed by atoms with Gasteiger partial charge in [0.2, 0.25) is 0 Å². The first-order valence-corrected chi connectivity index (χ1v) is 8.77. The number of carbonyl (C=O) groups excluding carboxylic acids is 2. The molecule has 134 valence electrons. The topological polar surface area (TPSA) is 43.9 Å². The van der Waals surface area contributed by atoms with Crippen molar-refractivity contribution in [1.82, 2.24) is 14.7 Å². The standard InChI is InChI=1S/C20H20FN3O2/c21-18-8-4-1-5-15(18)13-22-9-11-23(12-10-22)14-24-19(25)16-6-2-3-7-17(16)20(24)26/h1-8H,9-14H2. The van der Waals surface area contributed by atoms with E-state index in [0.29, 0.717) is 29.9 Å². The van der Waals surface area contributed by atoms with E-state index in [1.54, 1.807) is 36.4 Å². The number of hydrogen-bond donors (Lipinski definition) is 0.